The molecule has 0 radical (unpaired) electrons. The fourth-order valence-corrected chi connectivity index (χ4v) is 4.92. The van der Waals surface area contributed by atoms with Gasteiger partial charge in [0.25, 0.3) is 0 Å². The summed E-state index contributed by atoms with van der Waals surface area (Å²) >= 11 is 0. The zero-order valence-electron chi connectivity index (χ0n) is 13.1. The SMILES string of the molecule is CCCNC1C(S(=O)c2ccc(C)cc2)CCC1(C)C. The summed E-state index contributed by atoms with van der Waals surface area (Å²) in [6.45, 7) is 9.85. The van der Waals surface area contributed by atoms with Gasteiger partial charge in [0.2, 0.25) is 0 Å². The Morgan fingerprint density at radius 1 is 1.30 bits per heavy atom. The Labute approximate surface area is 125 Å². The highest BCUT2D eigenvalue weighted by Gasteiger charge is 2.44. The van der Waals surface area contributed by atoms with E-state index < -0.39 is 10.8 Å². The predicted molar refractivity (Wildman–Crippen MR) is 86.5 cm³/mol. The lowest BCUT2D eigenvalue weighted by atomic mass is 9.87. The highest BCUT2D eigenvalue weighted by atomic mass is 32.2. The molecule has 0 amide bonds. The van der Waals surface area contributed by atoms with Crippen LogP contribution in [0, 0.1) is 12.3 Å². The van der Waals surface area contributed by atoms with Gasteiger partial charge in [0, 0.05) is 10.9 Å². The minimum atomic E-state index is -0.910. The summed E-state index contributed by atoms with van der Waals surface area (Å²) in [7, 11) is -0.910. The smallest absolute Gasteiger partial charge is 0.0576 e. The van der Waals surface area contributed by atoms with Crippen LogP contribution in [-0.4, -0.2) is 22.0 Å². The Morgan fingerprint density at radius 2 is 1.95 bits per heavy atom. The lowest BCUT2D eigenvalue weighted by Gasteiger charge is -2.31. The van der Waals surface area contributed by atoms with Crippen molar-refractivity contribution in [1.82, 2.24) is 5.32 Å². The second kappa shape index (κ2) is 6.40. The number of hydrogen-bond acceptors (Lipinski definition) is 2. The van der Waals surface area contributed by atoms with Gasteiger partial charge in [-0.2, -0.15) is 0 Å². The molecule has 2 rings (SSSR count). The first-order valence-corrected chi connectivity index (χ1v) is 8.87. The molecule has 3 heteroatoms. The third-order valence-electron chi connectivity index (χ3n) is 4.43. The zero-order valence-corrected chi connectivity index (χ0v) is 13.9. The van der Waals surface area contributed by atoms with Crippen LogP contribution in [0.15, 0.2) is 29.2 Å². The van der Waals surface area contributed by atoms with Crippen LogP contribution in [0.25, 0.3) is 0 Å². The third kappa shape index (κ3) is 3.32. The van der Waals surface area contributed by atoms with Crippen molar-refractivity contribution < 1.29 is 4.21 Å². The maximum absolute atomic E-state index is 12.9. The van der Waals surface area contributed by atoms with Crippen LogP contribution >= 0.6 is 0 Å². The van der Waals surface area contributed by atoms with Gasteiger partial charge in [0.15, 0.2) is 0 Å². The molecule has 3 atom stereocenters. The van der Waals surface area contributed by atoms with Crippen molar-refractivity contribution in [2.24, 2.45) is 5.41 Å². The van der Waals surface area contributed by atoms with E-state index in [1.165, 1.54) is 5.56 Å². The van der Waals surface area contributed by atoms with Crippen molar-refractivity contribution in [3.8, 4) is 0 Å². The number of hydrogen-bond donors (Lipinski definition) is 1. The first-order chi connectivity index (χ1) is 9.45. The van der Waals surface area contributed by atoms with E-state index in [1.54, 1.807) is 0 Å². The molecule has 112 valence electrons. The summed E-state index contributed by atoms with van der Waals surface area (Å²) in [5.41, 5.74) is 1.46. The normalized spacial score (nSPS) is 26.6. The molecule has 0 heterocycles. The van der Waals surface area contributed by atoms with Crippen LogP contribution in [-0.2, 0) is 10.8 Å². The highest BCUT2D eigenvalue weighted by Crippen LogP contribution is 2.41. The largest absolute Gasteiger partial charge is 0.312 e. The first-order valence-electron chi connectivity index (χ1n) is 7.66. The second-order valence-corrected chi connectivity index (χ2v) is 8.28. The van der Waals surface area contributed by atoms with Gasteiger partial charge in [0.1, 0.15) is 0 Å². The molecule has 0 aromatic heterocycles. The van der Waals surface area contributed by atoms with Crippen LogP contribution in [0.2, 0.25) is 0 Å². The Kier molecular flexibility index (Phi) is 5.03. The van der Waals surface area contributed by atoms with Crippen molar-refractivity contribution in [3.63, 3.8) is 0 Å². The van der Waals surface area contributed by atoms with E-state index in [1.807, 2.05) is 12.1 Å². The van der Waals surface area contributed by atoms with Gasteiger partial charge in [-0.3, -0.25) is 4.21 Å². The molecule has 0 spiro atoms. The van der Waals surface area contributed by atoms with Crippen LogP contribution in [0.5, 0.6) is 0 Å². The topological polar surface area (TPSA) is 29.1 Å². The van der Waals surface area contributed by atoms with E-state index in [9.17, 15) is 4.21 Å². The van der Waals surface area contributed by atoms with E-state index in [0.29, 0.717) is 6.04 Å². The Hall–Kier alpha value is -0.670. The number of benzene rings is 1. The molecular weight excluding hydrogens is 266 g/mol. The van der Waals surface area contributed by atoms with Crippen molar-refractivity contribution in [1.29, 1.82) is 0 Å². The number of rotatable bonds is 5. The lowest BCUT2D eigenvalue weighted by molar-refractivity contribution is 0.286. The van der Waals surface area contributed by atoms with Gasteiger partial charge in [-0.15, -0.1) is 0 Å². The van der Waals surface area contributed by atoms with E-state index in [0.717, 1.165) is 30.7 Å². The molecule has 20 heavy (non-hydrogen) atoms. The van der Waals surface area contributed by atoms with Crippen molar-refractivity contribution in [2.45, 2.75) is 63.1 Å². The lowest BCUT2D eigenvalue weighted by Crippen LogP contribution is -2.46. The fourth-order valence-electron chi connectivity index (χ4n) is 3.13. The summed E-state index contributed by atoms with van der Waals surface area (Å²) in [5.74, 6) is 0. The van der Waals surface area contributed by atoms with Gasteiger partial charge in [-0.05, 0) is 50.3 Å². The minimum Gasteiger partial charge on any atom is -0.312 e. The summed E-state index contributed by atoms with van der Waals surface area (Å²) < 4.78 is 12.9. The molecule has 1 saturated carbocycles. The first kappa shape index (κ1) is 15.7. The standard InChI is InChI=1S/C17H27NOS/c1-5-12-18-16-15(10-11-17(16,3)4)20(19)14-8-6-13(2)7-9-14/h6-9,15-16,18H,5,10-12H2,1-4H3. The number of aryl methyl sites for hydroxylation is 1. The van der Waals surface area contributed by atoms with E-state index in [4.69, 9.17) is 0 Å². The van der Waals surface area contributed by atoms with E-state index in [2.05, 4.69) is 45.1 Å². The third-order valence-corrected chi connectivity index (χ3v) is 6.22. The summed E-state index contributed by atoms with van der Waals surface area (Å²) in [6, 6.07) is 8.51. The quantitative estimate of drug-likeness (QED) is 0.897. The average Bonchev–Trinajstić information content (AvgIpc) is 2.71. The van der Waals surface area contributed by atoms with Crippen molar-refractivity contribution in [2.75, 3.05) is 6.54 Å². The van der Waals surface area contributed by atoms with Gasteiger partial charge < -0.3 is 5.32 Å². The highest BCUT2D eigenvalue weighted by molar-refractivity contribution is 7.85. The van der Waals surface area contributed by atoms with E-state index >= 15 is 0 Å². The maximum Gasteiger partial charge on any atom is 0.0576 e. The molecule has 1 N–H and O–H groups in total. The van der Waals surface area contributed by atoms with E-state index in [-0.39, 0.29) is 10.7 Å². The zero-order chi connectivity index (χ0) is 14.8. The average molecular weight is 293 g/mol. The van der Waals surface area contributed by atoms with Gasteiger partial charge in [-0.25, -0.2) is 0 Å². The molecule has 2 nitrogen and oxygen atoms in total. The number of nitrogens with one attached hydrogen (secondary N) is 1. The van der Waals surface area contributed by atoms with Gasteiger partial charge >= 0.3 is 0 Å². The molecule has 3 unspecified atom stereocenters. The molecule has 1 aromatic rings. The predicted octanol–water partition coefficient (Wildman–Crippen LogP) is 3.66. The summed E-state index contributed by atoms with van der Waals surface area (Å²) in [6.07, 6.45) is 3.32. The van der Waals surface area contributed by atoms with Crippen LogP contribution < -0.4 is 5.32 Å². The molecule has 1 aliphatic rings. The van der Waals surface area contributed by atoms with Crippen molar-refractivity contribution in [3.05, 3.63) is 29.8 Å². The molecular formula is C17H27NOS. The fraction of sp³-hybridized carbons (Fsp3) is 0.647. The van der Waals surface area contributed by atoms with Crippen LogP contribution in [0.4, 0.5) is 0 Å². The van der Waals surface area contributed by atoms with Crippen LogP contribution in [0.1, 0.15) is 45.6 Å². The summed E-state index contributed by atoms with van der Waals surface area (Å²) in [5, 5.41) is 3.88. The Balaban J connectivity index is 2.17. The molecule has 1 aliphatic carbocycles. The molecule has 0 saturated heterocycles. The van der Waals surface area contributed by atoms with Crippen molar-refractivity contribution >= 4 is 10.8 Å². The second-order valence-electron chi connectivity index (χ2n) is 6.61. The molecule has 1 aromatic carbocycles. The van der Waals surface area contributed by atoms with Crippen LogP contribution in [0.3, 0.4) is 0 Å². The molecule has 0 aliphatic heterocycles. The van der Waals surface area contributed by atoms with Gasteiger partial charge in [0.05, 0.1) is 16.0 Å². The van der Waals surface area contributed by atoms with Gasteiger partial charge in [-0.1, -0.05) is 38.5 Å². The Bertz CT molecular complexity index is 466. The maximum atomic E-state index is 12.9. The Morgan fingerprint density at radius 3 is 2.55 bits per heavy atom. The minimum absolute atomic E-state index is 0.235. The molecule has 1 fully saturated rings. The monoisotopic (exact) mass is 293 g/mol. The summed E-state index contributed by atoms with van der Waals surface area (Å²) in [4.78, 5) is 0.974. The molecule has 0 bridgehead atoms.